The molecule has 1 heterocycles. The van der Waals surface area contributed by atoms with E-state index in [1.54, 1.807) is 6.07 Å². The lowest BCUT2D eigenvalue weighted by Crippen LogP contribution is -2.29. The highest BCUT2D eigenvalue weighted by Crippen LogP contribution is 2.14. The van der Waals surface area contributed by atoms with E-state index < -0.39 is 0 Å². The lowest BCUT2D eigenvalue weighted by atomic mass is 10.1. The number of aromatic nitrogens is 1. The van der Waals surface area contributed by atoms with Crippen LogP contribution in [-0.2, 0) is 6.54 Å². The number of hydrogen-bond donors (Lipinski definition) is 3. The molecule has 2 rings (SSSR count). The number of hydrogen-bond acceptors (Lipinski definition) is 3. The van der Waals surface area contributed by atoms with E-state index in [9.17, 15) is 4.79 Å². The van der Waals surface area contributed by atoms with E-state index in [0.29, 0.717) is 6.54 Å². The summed E-state index contributed by atoms with van der Waals surface area (Å²) in [5.74, 6) is 0. The van der Waals surface area contributed by atoms with Gasteiger partial charge in [-0.05, 0) is 18.6 Å². The van der Waals surface area contributed by atoms with Crippen LogP contribution < -0.4 is 10.9 Å². The summed E-state index contributed by atoms with van der Waals surface area (Å²) in [6.45, 7) is 2.56. The number of rotatable bonds is 4. The fraction of sp³-hybridized carbons (Fsp3) is 0.308. The number of para-hydroxylation sites is 1. The van der Waals surface area contributed by atoms with Gasteiger partial charge in [0.25, 0.3) is 0 Å². The van der Waals surface area contributed by atoms with Crippen LogP contribution >= 0.6 is 0 Å². The summed E-state index contributed by atoms with van der Waals surface area (Å²) < 4.78 is 0. The maximum absolute atomic E-state index is 11.5. The molecular formula is C13H16N2O2. The van der Waals surface area contributed by atoms with Gasteiger partial charge in [0.1, 0.15) is 0 Å². The van der Waals surface area contributed by atoms with Gasteiger partial charge in [0.15, 0.2) is 0 Å². The second-order valence-electron chi connectivity index (χ2n) is 4.17. The molecule has 1 unspecified atom stereocenters. The molecule has 0 amide bonds. The molecule has 0 bridgehead atoms. The van der Waals surface area contributed by atoms with Crippen LogP contribution in [0.25, 0.3) is 10.9 Å². The highest BCUT2D eigenvalue weighted by molar-refractivity contribution is 5.81. The van der Waals surface area contributed by atoms with Crippen molar-refractivity contribution in [2.24, 2.45) is 0 Å². The molecule has 0 aliphatic heterocycles. The van der Waals surface area contributed by atoms with Gasteiger partial charge < -0.3 is 15.4 Å². The minimum atomic E-state index is -0.0999. The Bertz CT molecular complexity index is 563. The number of aliphatic hydroxyl groups excluding tert-OH is 1. The summed E-state index contributed by atoms with van der Waals surface area (Å²) in [5, 5.41) is 13.1. The van der Waals surface area contributed by atoms with Crippen molar-refractivity contribution in [3.8, 4) is 0 Å². The van der Waals surface area contributed by atoms with E-state index in [0.717, 1.165) is 16.5 Å². The Balaban J connectivity index is 2.35. The number of aliphatic hydroxyl groups is 1. The molecule has 0 aliphatic rings. The topological polar surface area (TPSA) is 65.1 Å². The summed E-state index contributed by atoms with van der Waals surface area (Å²) in [4.78, 5) is 14.3. The van der Waals surface area contributed by atoms with Crippen LogP contribution in [0.1, 0.15) is 12.5 Å². The Morgan fingerprint density at radius 3 is 2.94 bits per heavy atom. The lowest BCUT2D eigenvalue weighted by molar-refractivity contribution is 0.251. The third-order valence-corrected chi connectivity index (χ3v) is 2.75. The molecule has 3 N–H and O–H groups in total. The van der Waals surface area contributed by atoms with E-state index in [2.05, 4.69) is 10.3 Å². The van der Waals surface area contributed by atoms with Crippen LogP contribution in [0.2, 0.25) is 0 Å². The Morgan fingerprint density at radius 1 is 1.41 bits per heavy atom. The standard InChI is InChI=1S/C13H16N2O2/c1-9(8-16)14-7-10-6-13(17)15-12-5-3-2-4-11(10)12/h2-6,9,14,16H,7-8H2,1H3,(H,15,17). The van der Waals surface area contributed by atoms with Gasteiger partial charge in [-0.25, -0.2) is 0 Å². The van der Waals surface area contributed by atoms with Crippen LogP contribution in [0.3, 0.4) is 0 Å². The minimum Gasteiger partial charge on any atom is -0.395 e. The smallest absolute Gasteiger partial charge is 0.248 e. The van der Waals surface area contributed by atoms with E-state index >= 15 is 0 Å². The van der Waals surface area contributed by atoms with Crippen LogP contribution in [-0.4, -0.2) is 22.7 Å². The van der Waals surface area contributed by atoms with E-state index in [-0.39, 0.29) is 18.2 Å². The van der Waals surface area contributed by atoms with Crippen LogP contribution in [0, 0.1) is 0 Å². The van der Waals surface area contributed by atoms with Gasteiger partial charge in [0.05, 0.1) is 6.61 Å². The zero-order valence-corrected chi connectivity index (χ0v) is 9.73. The van der Waals surface area contributed by atoms with Crippen molar-refractivity contribution in [3.05, 3.63) is 46.2 Å². The molecule has 4 heteroatoms. The van der Waals surface area contributed by atoms with Crippen LogP contribution in [0.15, 0.2) is 35.1 Å². The van der Waals surface area contributed by atoms with Gasteiger partial charge in [0, 0.05) is 29.6 Å². The first-order valence-corrected chi connectivity index (χ1v) is 5.66. The van der Waals surface area contributed by atoms with Crippen LogP contribution in [0.5, 0.6) is 0 Å². The number of aromatic amines is 1. The van der Waals surface area contributed by atoms with E-state index in [4.69, 9.17) is 5.11 Å². The molecule has 0 saturated carbocycles. The van der Waals surface area contributed by atoms with Gasteiger partial charge in [-0.2, -0.15) is 0 Å². The van der Waals surface area contributed by atoms with Crippen molar-refractivity contribution in [2.45, 2.75) is 19.5 Å². The highest BCUT2D eigenvalue weighted by atomic mass is 16.3. The van der Waals surface area contributed by atoms with Gasteiger partial charge in [-0.1, -0.05) is 18.2 Å². The average molecular weight is 232 g/mol. The Labute approximate surface area is 99.3 Å². The normalized spacial score (nSPS) is 12.8. The molecule has 17 heavy (non-hydrogen) atoms. The fourth-order valence-corrected chi connectivity index (χ4v) is 1.77. The molecule has 2 aromatic rings. The molecule has 0 spiro atoms. The van der Waals surface area contributed by atoms with Crippen molar-refractivity contribution in [1.29, 1.82) is 0 Å². The lowest BCUT2D eigenvalue weighted by Gasteiger charge is -2.12. The zero-order valence-electron chi connectivity index (χ0n) is 9.73. The third kappa shape index (κ3) is 2.72. The molecule has 0 saturated heterocycles. The second-order valence-corrected chi connectivity index (χ2v) is 4.17. The predicted octanol–water partition coefficient (Wildman–Crippen LogP) is 0.998. The van der Waals surface area contributed by atoms with Crippen molar-refractivity contribution >= 4 is 10.9 Å². The minimum absolute atomic E-state index is 0.0213. The number of fused-ring (bicyclic) bond motifs is 1. The number of pyridine rings is 1. The summed E-state index contributed by atoms with van der Waals surface area (Å²) in [5.41, 5.74) is 1.69. The summed E-state index contributed by atoms with van der Waals surface area (Å²) in [6, 6.07) is 9.32. The first-order chi connectivity index (χ1) is 8.20. The van der Waals surface area contributed by atoms with Crippen molar-refractivity contribution in [3.63, 3.8) is 0 Å². The number of benzene rings is 1. The molecular weight excluding hydrogens is 216 g/mol. The molecule has 1 aromatic carbocycles. The van der Waals surface area contributed by atoms with E-state index in [1.807, 2.05) is 31.2 Å². The molecule has 0 fully saturated rings. The SMILES string of the molecule is CC(CO)NCc1cc(=O)[nH]c2ccccc12. The first kappa shape index (κ1) is 11.8. The molecule has 0 radical (unpaired) electrons. The first-order valence-electron chi connectivity index (χ1n) is 5.66. The summed E-state index contributed by atoms with van der Waals surface area (Å²) >= 11 is 0. The van der Waals surface area contributed by atoms with Gasteiger partial charge in [0.2, 0.25) is 5.56 Å². The largest absolute Gasteiger partial charge is 0.395 e. The Morgan fingerprint density at radius 2 is 2.18 bits per heavy atom. The molecule has 1 aromatic heterocycles. The van der Waals surface area contributed by atoms with Crippen molar-refractivity contribution in [1.82, 2.24) is 10.3 Å². The third-order valence-electron chi connectivity index (χ3n) is 2.75. The number of H-pyrrole nitrogens is 1. The van der Waals surface area contributed by atoms with Crippen molar-refractivity contribution < 1.29 is 5.11 Å². The van der Waals surface area contributed by atoms with Gasteiger partial charge in [-0.15, -0.1) is 0 Å². The molecule has 0 aliphatic carbocycles. The molecule has 4 nitrogen and oxygen atoms in total. The van der Waals surface area contributed by atoms with E-state index in [1.165, 1.54) is 0 Å². The van der Waals surface area contributed by atoms with Gasteiger partial charge >= 0.3 is 0 Å². The zero-order chi connectivity index (χ0) is 12.3. The monoisotopic (exact) mass is 232 g/mol. The summed E-state index contributed by atoms with van der Waals surface area (Å²) in [7, 11) is 0. The predicted molar refractivity (Wildman–Crippen MR) is 68.0 cm³/mol. The molecule has 1 atom stereocenters. The summed E-state index contributed by atoms with van der Waals surface area (Å²) in [6.07, 6.45) is 0. The second kappa shape index (κ2) is 5.12. The number of nitrogens with one attached hydrogen (secondary N) is 2. The van der Waals surface area contributed by atoms with Gasteiger partial charge in [-0.3, -0.25) is 4.79 Å². The Hall–Kier alpha value is -1.65. The molecule has 90 valence electrons. The Kier molecular flexibility index (Phi) is 3.56. The van der Waals surface area contributed by atoms with Crippen molar-refractivity contribution in [2.75, 3.05) is 6.61 Å². The van der Waals surface area contributed by atoms with Crippen LogP contribution in [0.4, 0.5) is 0 Å². The average Bonchev–Trinajstić information content (AvgIpc) is 2.35. The highest BCUT2D eigenvalue weighted by Gasteiger charge is 2.04. The quantitative estimate of drug-likeness (QED) is 0.736. The fourth-order valence-electron chi connectivity index (χ4n) is 1.77. The maximum Gasteiger partial charge on any atom is 0.248 e. The maximum atomic E-state index is 11.5.